The number of hydrogen-bond acceptors (Lipinski definition) is 3. The summed E-state index contributed by atoms with van der Waals surface area (Å²) in [6.07, 6.45) is 11.1. The maximum atomic E-state index is 14.0. The van der Waals surface area contributed by atoms with Crippen molar-refractivity contribution in [2.75, 3.05) is 5.73 Å². The average molecular weight is 438 g/mol. The predicted molar refractivity (Wildman–Crippen MR) is 137 cm³/mol. The van der Waals surface area contributed by atoms with E-state index >= 15 is 0 Å². The molecule has 1 aliphatic carbocycles. The molecule has 1 heterocycles. The number of nitrogens with two attached hydrogens (primary N) is 1. The van der Waals surface area contributed by atoms with Gasteiger partial charge in [-0.2, -0.15) is 4.39 Å². The Bertz CT molecular complexity index is 1230. The summed E-state index contributed by atoms with van der Waals surface area (Å²) in [4.78, 5) is 4.37. The molecule has 0 bridgehead atoms. The van der Waals surface area contributed by atoms with Crippen LogP contribution in [0.15, 0.2) is 85.2 Å². The maximum Gasteiger partial charge on any atom is 0.214 e. The summed E-state index contributed by atoms with van der Waals surface area (Å²) in [5, 5.41) is 7.54. The summed E-state index contributed by atoms with van der Waals surface area (Å²) < 4.78 is 14.0. The molecule has 4 rings (SSSR count). The third-order valence-electron chi connectivity index (χ3n) is 6.09. The Labute approximate surface area is 194 Å². The molecule has 0 radical (unpaired) electrons. The van der Waals surface area contributed by atoms with Crippen LogP contribution in [0.5, 0.6) is 0 Å². The van der Waals surface area contributed by atoms with E-state index in [0.29, 0.717) is 5.92 Å². The third-order valence-corrected chi connectivity index (χ3v) is 6.09. The van der Waals surface area contributed by atoms with Crippen LogP contribution < -0.4 is 5.73 Å². The molecular formula is C29H28FN3. The van der Waals surface area contributed by atoms with Crippen LogP contribution >= 0.6 is 0 Å². The molecule has 166 valence electrons. The first kappa shape index (κ1) is 22.4. The van der Waals surface area contributed by atoms with Gasteiger partial charge >= 0.3 is 0 Å². The second kappa shape index (κ2) is 9.78. The monoisotopic (exact) mass is 437 g/mol. The number of anilines is 1. The highest BCUT2D eigenvalue weighted by Crippen LogP contribution is 2.45. The van der Waals surface area contributed by atoms with Crippen LogP contribution in [0.25, 0.3) is 17.2 Å². The van der Waals surface area contributed by atoms with Crippen LogP contribution in [0, 0.1) is 11.3 Å². The number of aromatic nitrogens is 1. The Morgan fingerprint density at radius 1 is 1.09 bits per heavy atom. The van der Waals surface area contributed by atoms with Crippen LogP contribution in [0.2, 0.25) is 0 Å². The van der Waals surface area contributed by atoms with Crippen molar-refractivity contribution in [2.24, 2.45) is 5.92 Å². The van der Waals surface area contributed by atoms with Gasteiger partial charge in [-0.3, -0.25) is 10.4 Å². The van der Waals surface area contributed by atoms with Crippen LogP contribution in [0.1, 0.15) is 54.0 Å². The fourth-order valence-corrected chi connectivity index (χ4v) is 4.18. The fourth-order valence-electron chi connectivity index (χ4n) is 4.18. The van der Waals surface area contributed by atoms with E-state index in [-0.39, 0.29) is 11.3 Å². The largest absolute Gasteiger partial charge is 0.398 e. The summed E-state index contributed by atoms with van der Waals surface area (Å²) in [7, 11) is 0. The normalized spacial score (nSPS) is 14.6. The lowest BCUT2D eigenvalue weighted by atomic mass is 9.73. The topological polar surface area (TPSA) is 62.8 Å². The number of nitrogen functional groups attached to an aromatic ring is 1. The Kier molecular flexibility index (Phi) is 6.64. The molecule has 1 fully saturated rings. The van der Waals surface area contributed by atoms with E-state index in [1.54, 1.807) is 18.3 Å². The molecule has 0 spiro atoms. The SMILES string of the molecule is C=C(C)/C=C/c1ccc(/C(=C(\c2cccnc2)C2CCC2)c2ccc(N)c(C(=N)F)c2)cc1. The molecule has 4 heteroatoms. The number of benzene rings is 2. The molecule has 2 aromatic carbocycles. The molecule has 1 saturated carbocycles. The molecule has 0 atom stereocenters. The molecular weight excluding hydrogens is 409 g/mol. The Morgan fingerprint density at radius 2 is 1.82 bits per heavy atom. The van der Waals surface area contributed by atoms with Gasteiger partial charge in [-0.05, 0) is 77.3 Å². The van der Waals surface area contributed by atoms with Crippen molar-refractivity contribution in [1.82, 2.24) is 4.98 Å². The first-order chi connectivity index (χ1) is 15.9. The molecule has 1 aliphatic rings. The minimum absolute atomic E-state index is 0.116. The van der Waals surface area contributed by atoms with Crippen molar-refractivity contribution in [3.05, 3.63) is 113 Å². The van der Waals surface area contributed by atoms with E-state index in [1.165, 1.54) is 12.0 Å². The molecule has 0 saturated heterocycles. The van der Waals surface area contributed by atoms with E-state index in [4.69, 9.17) is 11.1 Å². The summed E-state index contributed by atoms with van der Waals surface area (Å²) in [6.45, 7) is 5.88. The van der Waals surface area contributed by atoms with Gasteiger partial charge in [0.05, 0.1) is 5.56 Å². The van der Waals surface area contributed by atoms with Crippen LogP contribution in [0.4, 0.5) is 10.1 Å². The molecule has 3 N–H and O–H groups in total. The number of nitrogens with one attached hydrogen (secondary N) is 1. The Hall–Kier alpha value is -3.79. The van der Waals surface area contributed by atoms with Crippen molar-refractivity contribution in [3.63, 3.8) is 0 Å². The number of rotatable bonds is 7. The zero-order valence-corrected chi connectivity index (χ0v) is 18.8. The Morgan fingerprint density at radius 3 is 2.39 bits per heavy atom. The van der Waals surface area contributed by atoms with E-state index in [0.717, 1.165) is 46.2 Å². The van der Waals surface area contributed by atoms with Gasteiger partial charge in [-0.15, -0.1) is 0 Å². The average Bonchev–Trinajstić information content (AvgIpc) is 2.78. The first-order valence-electron chi connectivity index (χ1n) is 11.2. The lowest BCUT2D eigenvalue weighted by Gasteiger charge is -2.31. The van der Waals surface area contributed by atoms with Gasteiger partial charge in [0.2, 0.25) is 5.97 Å². The number of nitrogens with zero attached hydrogens (tertiary/aromatic N) is 1. The van der Waals surface area contributed by atoms with Gasteiger partial charge in [0, 0.05) is 18.1 Å². The molecule has 3 nitrogen and oxygen atoms in total. The standard InChI is InChI=1S/C29H28FN3/c1-19(2)8-9-20-10-12-22(13-11-20)27(23-14-15-26(31)25(17-23)29(30)32)28(21-5-3-6-21)24-7-4-16-33-18-24/h4,7-18,21,32H,1,3,5-6,31H2,2H3/b9-8+,28-27+,32-29?. The van der Waals surface area contributed by atoms with Gasteiger partial charge in [-0.25, -0.2) is 0 Å². The van der Waals surface area contributed by atoms with Gasteiger partial charge in [0.1, 0.15) is 0 Å². The summed E-state index contributed by atoms with van der Waals surface area (Å²) in [6, 6.07) is 17.7. The molecule has 1 aromatic heterocycles. The molecule has 3 aromatic rings. The van der Waals surface area contributed by atoms with Gasteiger partial charge in [-0.1, -0.05) is 67.1 Å². The summed E-state index contributed by atoms with van der Waals surface area (Å²) in [5.74, 6) is -0.626. The van der Waals surface area contributed by atoms with E-state index in [1.807, 2.05) is 37.4 Å². The zero-order chi connectivity index (χ0) is 23.4. The van der Waals surface area contributed by atoms with E-state index in [2.05, 4.69) is 41.9 Å². The Balaban J connectivity index is 1.95. The van der Waals surface area contributed by atoms with E-state index < -0.39 is 5.97 Å². The lowest BCUT2D eigenvalue weighted by Crippen LogP contribution is -2.15. The van der Waals surface area contributed by atoms with Crippen molar-refractivity contribution >= 4 is 28.9 Å². The van der Waals surface area contributed by atoms with Crippen LogP contribution in [-0.2, 0) is 0 Å². The third kappa shape index (κ3) is 5.01. The minimum atomic E-state index is -1.03. The van der Waals surface area contributed by atoms with Crippen LogP contribution in [-0.4, -0.2) is 10.9 Å². The summed E-state index contributed by atoms with van der Waals surface area (Å²) >= 11 is 0. The lowest BCUT2D eigenvalue weighted by molar-refractivity contribution is 0.401. The van der Waals surface area contributed by atoms with Crippen molar-refractivity contribution in [3.8, 4) is 0 Å². The highest BCUT2D eigenvalue weighted by molar-refractivity contribution is 6.02. The fraction of sp³-hybridized carbons (Fsp3) is 0.172. The summed E-state index contributed by atoms with van der Waals surface area (Å²) in [5.41, 5.74) is 13.6. The van der Waals surface area contributed by atoms with Gasteiger partial charge < -0.3 is 5.73 Å². The second-order valence-corrected chi connectivity index (χ2v) is 8.58. The van der Waals surface area contributed by atoms with Gasteiger partial charge in [0.25, 0.3) is 0 Å². The number of allylic oxidation sites excluding steroid dienone is 3. The maximum absolute atomic E-state index is 14.0. The highest BCUT2D eigenvalue weighted by atomic mass is 19.1. The van der Waals surface area contributed by atoms with Crippen molar-refractivity contribution in [2.45, 2.75) is 26.2 Å². The smallest absolute Gasteiger partial charge is 0.214 e. The molecule has 33 heavy (non-hydrogen) atoms. The quantitative estimate of drug-likeness (QED) is 0.231. The minimum Gasteiger partial charge on any atom is -0.398 e. The number of halogens is 1. The van der Waals surface area contributed by atoms with Crippen molar-refractivity contribution < 1.29 is 4.39 Å². The molecule has 0 amide bonds. The predicted octanol–water partition coefficient (Wildman–Crippen LogP) is 7.31. The molecule has 0 unspecified atom stereocenters. The van der Waals surface area contributed by atoms with Crippen molar-refractivity contribution in [1.29, 1.82) is 5.41 Å². The number of pyridine rings is 1. The van der Waals surface area contributed by atoms with Crippen LogP contribution in [0.3, 0.4) is 0 Å². The van der Waals surface area contributed by atoms with E-state index in [9.17, 15) is 4.39 Å². The molecule has 0 aliphatic heterocycles. The first-order valence-corrected chi connectivity index (χ1v) is 11.2. The number of hydrogen-bond donors (Lipinski definition) is 2. The highest BCUT2D eigenvalue weighted by Gasteiger charge is 2.27. The van der Waals surface area contributed by atoms with Gasteiger partial charge in [0.15, 0.2) is 0 Å². The zero-order valence-electron chi connectivity index (χ0n) is 18.8. The second-order valence-electron chi connectivity index (χ2n) is 8.58.